The van der Waals surface area contributed by atoms with Gasteiger partial charge in [-0.25, -0.2) is 0 Å². The topological polar surface area (TPSA) is 49.3 Å². The predicted octanol–water partition coefficient (Wildman–Crippen LogP) is 3.30. The number of fused-ring (bicyclic) bond motifs is 1. The molecule has 3 heteroatoms. The van der Waals surface area contributed by atoms with E-state index in [-0.39, 0.29) is 5.92 Å². The SMILES string of the molecule is O=C(O)C1CCC(NCc2ccc3c(c2)CCCC3)CC1. The molecule has 0 aromatic heterocycles. The summed E-state index contributed by atoms with van der Waals surface area (Å²) < 4.78 is 0. The van der Waals surface area contributed by atoms with Gasteiger partial charge < -0.3 is 10.4 Å². The summed E-state index contributed by atoms with van der Waals surface area (Å²) in [5.74, 6) is -0.741. The third kappa shape index (κ3) is 3.65. The lowest BCUT2D eigenvalue weighted by atomic mass is 9.86. The van der Waals surface area contributed by atoms with Gasteiger partial charge in [0.1, 0.15) is 0 Å². The lowest BCUT2D eigenvalue weighted by Gasteiger charge is -2.27. The summed E-state index contributed by atoms with van der Waals surface area (Å²) in [7, 11) is 0. The van der Waals surface area contributed by atoms with Crippen molar-refractivity contribution in [3.05, 3.63) is 34.9 Å². The molecule has 0 unspecified atom stereocenters. The molecule has 3 rings (SSSR count). The van der Waals surface area contributed by atoms with Gasteiger partial charge in [0.2, 0.25) is 0 Å². The highest BCUT2D eigenvalue weighted by molar-refractivity contribution is 5.70. The van der Waals surface area contributed by atoms with Crippen LogP contribution < -0.4 is 5.32 Å². The first-order chi connectivity index (χ1) is 10.2. The van der Waals surface area contributed by atoms with Gasteiger partial charge in [-0.3, -0.25) is 4.79 Å². The summed E-state index contributed by atoms with van der Waals surface area (Å²) in [6, 6.07) is 7.40. The van der Waals surface area contributed by atoms with Crippen molar-refractivity contribution in [3.63, 3.8) is 0 Å². The summed E-state index contributed by atoms with van der Waals surface area (Å²) >= 11 is 0. The summed E-state index contributed by atoms with van der Waals surface area (Å²) in [6.45, 7) is 0.912. The largest absolute Gasteiger partial charge is 0.481 e. The first-order valence-corrected chi connectivity index (χ1v) is 8.29. The second-order valence-electron chi connectivity index (χ2n) is 6.58. The van der Waals surface area contributed by atoms with E-state index >= 15 is 0 Å². The number of rotatable bonds is 4. The van der Waals surface area contributed by atoms with Crippen molar-refractivity contribution in [1.29, 1.82) is 0 Å². The van der Waals surface area contributed by atoms with Crippen LogP contribution >= 0.6 is 0 Å². The number of aryl methyl sites for hydroxylation is 2. The van der Waals surface area contributed by atoms with Crippen molar-refractivity contribution >= 4 is 5.97 Å². The maximum absolute atomic E-state index is 11.0. The van der Waals surface area contributed by atoms with Gasteiger partial charge in [0.05, 0.1) is 5.92 Å². The van der Waals surface area contributed by atoms with Crippen LogP contribution in [-0.4, -0.2) is 17.1 Å². The van der Waals surface area contributed by atoms with Crippen LogP contribution in [0.1, 0.15) is 55.2 Å². The Balaban J connectivity index is 1.50. The maximum atomic E-state index is 11.0. The molecule has 0 amide bonds. The average molecular weight is 287 g/mol. The van der Waals surface area contributed by atoms with Gasteiger partial charge in [-0.15, -0.1) is 0 Å². The van der Waals surface area contributed by atoms with Gasteiger partial charge in [0.25, 0.3) is 0 Å². The molecule has 0 atom stereocenters. The molecule has 1 saturated carbocycles. The molecule has 1 fully saturated rings. The molecule has 0 aliphatic heterocycles. The zero-order valence-corrected chi connectivity index (χ0v) is 12.6. The van der Waals surface area contributed by atoms with E-state index in [1.54, 1.807) is 0 Å². The predicted molar refractivity (Wildman–Crippen MR) is 83.3 cm³/mol. The van der Waals surface area contributed by atoms with Crippen LogP contribution in [0.2, 0.25) is 0 Å². The lowest BCUT2D eigenvalue weighted by molar-refractivity contribution is -0.142. The summed E-state index contributed by atoms with van der Waals surface area (Å²) in [6.07, 6.45) is 8.73. The van der Waals surface area contributed by atoms with Crippen molar-refractivity contribution in [2.24, 2.45) is 5.92 Å². The van der Waals surface area contributed by atoms with Gasteiger partial charge >= 0.3 is 5.97 Å². The molecule has 1 aromatic rings. The van der Waals surface area contributed by atoms with Crippen LogP contribution in [0.25, 0.3) is 0 Å². The number of aliphatic carboxylic acids is 1. The summed E-state index contributed by atoms with van der Waals surface area (Å²) in [5.41, 5.74) is 4.44. The highest BCUT2D eigenvalue weighted by Crippen LogP contribution is 2.25. The van der Waals surface area contributed by atoms with E-state index in [9.17, 15) is 4.79 Å². The van der Waals surface area contributed by atoms with Crippen LogP contribution in [-0.2, 0) is 24.2 Å². The van der Waals surface area contributed by atoms with E-state index in [4.69, 9.17) is 5.11 Å². The van der Waals surface area contributed by atoms with Crippen molar-refractivity contribution < 1.29 is 9.90 Å². The van der Waals surface area contributed by atoms with Crippen molar-refractivity contribution in [1.82, 2.24) is 5.32 Å². The number of carbonyl (C=O) groups is 1. The molecule has 0 radical (unpaired) electrons. The molecule has 114 valence electrons. The van der Waals surface area contributed by atoms with Crippen molar-refractivity contribution in [2.45, 2.75) is 64.0 Å². The average Bonchev–Trinajstić information content (AvgIpc) is 2.53. The van der Waals surface area contributed by atoms with E-state index in [0.717, 1.165) is 32.2 Å². The molecular weight excluding hydrogens is 262 g/mol. The van der Waals surface area contributed by atoms with Crippen LogP contribution in [0, 0.1) is 5.92 Å². The zero-order valence-electron chi connectivity index (χ0n) is 12.6. The Bertz CT molecular complexity index is 504. The Kier molecular flexibility index (Phi) is 4.59. The molecule has 2 N–H and O–H groups in total. The first-order valence-electron chi connectivity index (χ1n) is 8.29. The molecule has 3 nitrogen and oxygen atoms in total. The highest BCUT2D eigenvalue weighted by Gasteiger charge is 2.25. The fraction of sp³-hybridized carbons (Fsp3) is 0.611. The number of carboxylic acid groups (broad SMARTS) is 1. The highest BCUT2D eigenvalue weighted by atomic mass is 16.4. The Morgan fingerprint density at radius 2 is 1.81 bits per heavy atom. The third-order valence-electron chi connectivity index (χ3n) is 5.08. The Hall–Kier alpha value is -1.35. The smallest absolute Gasteiger partial charge is 0.306 e. The fourth-order valence-electron chi connectivity index (χ4n) is 3.70. The van der Waals surface area contributed by atoms with Gasteiger partial charge in [0.15, 0.2) is 0 Å². The fourth-order valence-corrected chi connectivity index (χ4v) is 3.70. The molecule has 0 bridgehead atoms. The second kappa shape index (κ2) is 6.61. The molecular formula is C18H25NO2. The Morgan fingerprint density at radius 3 is 2.52 bits per heavy atom. The number of hydrogen-bond acceptors (Lipinski definition) is 2. The second-order valence-corrected chi connectivity index (χ2v) is 6.58. The van der Waals surface area contributed by atoms with E-state index in [1.165, 1.54) is 42.4 Å². The van der Waals surface area contributed by atoms with Crippen LogP contribution in [0.3, 0.4) is 0 Å². The lowest BCUT2D eigenvalue weighted by Crippen LogP contribution is -2.34. The van der Waals surface area contributed by atoms with Crippen LogP contribution in [0.15, 0.2) is 18.2 Å². The van der Waals surface area contributed by atoms with Gasteiger partial charge in [-0.05, 0) is 68.1 Å². The quantitative estimate of drug-likeness (QED) is 0.893. The summed E-state index contributed by atoms with van der Waals surface area (Å²) in [4.78, 5) is 11.0. The van der Waals surface area contributed by atoms with E-state index in [0.29, 0.717) is 6.04 Å². The van der Waals surface area contributed by atoms with Crippen molar-refractivity contribution in [3.8, 4) is 0 Å². The molecule has 0 saturated heterocycles. The summed E-state index contributed by atoms with van der Waals surface area (Å²) in [5, 5.41) is 12.6. The monoisotopic (exact) mass is 287 g/mol. The minimum absolute atomic E-state index is 0.119. The van der Waals surface area contributed by atoms with Crippen LogP contribution in [0.4, 0.5) is 0 Å². The van der Waals surface area contributed by atoms with Gasteiger partial charge in [-0.2, -0.15) is 0 Å². The Morgan fingerprint density at radius 1 is 1.10 bits per heavy atom. The number of hydrogen-bond donors (Lipinski definition) is 2. The van der Waals surface area contributed by atoms with Crippen molar-refractivity contribution in [2.75, 3.05) is 0 Å². The number of benzene rings is 1. The van der Waals surface area contributed by atoms with E-state index in [2.05, 4.69) is 23.5 Å². The van der Waals surface area contributed by atoms with E-state index < -0.39 is 5.97 Å². The van der Waals surface area contributed by atoms with E-state index in [1.807, 2.05) is 0 Å². The molecule has 2 aliphatic rings. The number of carboxylic acids is 1. The van der Waals surface area contributed by atoms with Gasteiger partial charge in [0, 0.05) is 12.6 Å². The first kappa shape index (κ1) is 14.6. The van der Waals surface area contributed by atoms with Crippen LogP contribution in [0.5, 0.6) is 0 Å². The third-order valence-corrected chi connectivity index (χ3v) is 5.08. The molecule has 1 aromatic carbocycles. The number of nitrogens with one attached hydrogen (secondary N) is 1. The molecule has 21 heavy (non-hydrogen) atoms. The van der Waals surface area contributed by atoms with Gasteiger partial charge in [-0.1, -0.05) is 18.2 Å². The molecule has 0 spiro atoms. The minimum atomic E-state index is -0.622. The maximum Gasteiger partial charge on any atom is 0.306 e. The normalized spacial score (nSPS) is 25.3. The standard InChI is InChI=1S/C18H25NO2/c20-18(21)15-7-9-17(10-8-15)19-12-13-5-6-14-3-1-2-4-16(14)11-13/h5-6,11,15,17,19H,1-4,7-10,12H2,(H,20,21). The Labute approximate surface area is 126 Å². The molecule has 0 heterocycles. The zero-order chi connectivity index (χ0) is 14.7. The molecule has 2 aliphatic carbocycles. The minimum Gasteiger partial charge on any atom is -0.481 e.